The van der Waals surface area contributed by atoms with Gasteiger partial charge >= 0.3 is 0 Å². The third-order valence-electron chi connectivity index (χ3n) is 4.69. The minimum atomic E-state index is -0.540. The average Bonchev–Trinajstić information content (AvgIpc) is 2.62. The van der Waals surface area contributed by atoms with Gasteiger partial charge < -0.3 is 20.3 Å². The van der Waals surface area contributed by atoms with E-state index in [1.165, 1.54) is 0 Å². The van der Waals surface area contributed by atoms with Gasteiger partial charge in [0.25, 0.3) is 0 Å². The molecule has 0 bridgehead atoms. The molecule has 0 aliphatic heterocycles. The van der Waals surface area contributed by atoms with E-state index in [-0.39, 0.29) is 12.6 Å². The van der Waals surface area contributed by atoms with Gasteiger partial charge in [0.1, 0.15) is 12.4 Å². The Kier molecular flexibility index (Phi) is 5.51. The standard InChI is InChI=1S/C20H25NO3/c1-2-21-18-10-8-15-16(20(18)23)9-11-19(17(15)12-22)24-13-14-6-4-3-5-7-14/h3-7,9,11,18,20-23H,2,8,10,12-13H2,1H3/t18-,20-/m0/s1. The largest absolute Gasteiger partial charge is 0.489 e. The Morgan fingerprint density at radius 1 is 1.17 bits per heavy atom. The molecule has 4 nitrogen and oxygen atoms in total. The van der Waals surface area contributed by atoms with Crippen molar-refractivity contribution in [2.45, 2.75) is 45.1 Å². The van der Waals surface area contributed by atoms with Gasteiger partial charge in [-0.2, -0.15) is 0 Å². The first-order chi connectivity index (χ1) is 11.7. The van der Waals surface area contributed by atoms with E-state index in [4.69, 9.17) is 4.74 Å². The summed E-state index contributed by atoms with van der Waals surface area (Å²) in [6.45, 7) is 3.27. The average molecular weight is 327 g/mol. The summed E-state index contributed by atoms with van der Waals surface area (Å²) in [4.78, 5) is 0. The number of aliphatic hydroxyl groups is 2. The van der Waals surface area contributed by atoms with Crippen LogP contribution in [0, 0.1) is 0 Å². The van der Waals surface area contributed by atoms with Crippen LogP contribution < -0.4 is 10.1 Å². The summed E-state index contributed by atoms with van der Waals surface area (Å²) in [5.41, 5.74) is 3.83. The van der Waals surface area contributed by atoms with Crippen molar-refractivity contribution in [1.82, 2.24) is 5.32 Å². The highest BCUT2D eigenvalue weighted by molar-refractivity contribution is 5.47. The highest BCUT2D eigenvalue weighted by Gasteiger charge is 2.29. The van der Waals surface area contributed by atoms with Gasteiger partial charge in [0.05, 0.1) is 12.7 Å². The summed E-state index contributed by atoms with van der Waals surface area (Å²) < 4.78 is 5.93. The summed E-state index contributed by atoms with van der Waals surface area (Å²) in [5, 5.41) is 23.8. The molecule has 0 heterocycles. The van der Waals surface area contributed by atoms with E-state index in [9.17, 15) is 10.2 Å². The fraction of sp³-hybridized carbons (Fsp3) is 0.400. The van der Waals surface area contributed by atoms with Crippen LogP contribution in [0.15, 0.2) is 42.5 Å². The van der Waals surface area contributed by atoms with E-state index in [1.54, 1.807) is 0 Å². The second-order valence-electron chi connectivity index (χ2n) is 6.19. The molecule has 0 spiro atoms. The summed E-state index contributed by atoms with van der Waals surface area (Å²) in [6, 6.07) is 13.8. The van der Waals surface area contributed by atoms with Crippen molar-refractivity contribution >= 4 is 0 Å². The molecule has 0 aromatic heterocycles. The van der Waals surface area contributed by atoms with E-state index in [0.29, 0.717) is 12.4 Å². The number of nitrogens with one attached hydrogen (secondary N) is 1. The molecule has 3 N–H and O–H groups in total. The molecule has 0 unspecified atom stereocenters. The first kappa shape index (κ1) is 17.0. The number of aliphatic hydroxyl groups excluding tert-OH is 2. The van der Waals surface area contributed by atoms with Crippen molar-refractivity contribution in [2.24, 2.45) is 0 Å². The molecule has 1 aliphatic rings. The quantitative estimate of drug-likeness (QED) is 0.763. The summed E-state index contributed by atoms with van der Waals surface area (Å²) in [6.07, 6.45) is 1.15. The van der Waals surface area contributed by atoms with Crippen LogP contribution in [-0.2, 0) is 19.6 Å². The van der Waals surface area contributed by atoms with Gasteiger partial charge in [-0.05, 0) is 42.1 Å². The Hall–Kier alpha value is -1.88. The number of hydrogen-bond acceptors (Lipinski definition) is 4. The van der Waals surface area contributed by atoms with Gasteiger partial charge in [0.2, 0.25) is 0 Å². The van der Waals surface area contributed by atoms with Crippen LogP contribution in [0.4, 0.5) is 0 Å². The van der Waals surface area contributed by atoms with Crippen LogP contribution in [0.2, 0.25) is 0 Å². The predicted molar refractivity (Wildman–Crippen MR) is 93.9 cm³/mol. The molecule has 1 aliphatic carbocycles. The van der Waals surface area contributed by atoms with Crippen molar-refractivity contribution in [1.29, 1.82) is 0 Å². The fourth-order valence-corrected chi connectivity index (χ4v) is 3.46. The second-order valence-corrected chi connectivity index (χ2v) is 6.19. The molecule has 2 aromatic carbocycles. The van der Waals surface area contributed by atoms with E-state index in [2.05, 4.69) is 5.32 Å². The lowest BCUT2D eigenvalue weighted by atomic mass is 9.83. The molecule has 4 heteroatoms. The van der Waals surface area contributed by atoms with Crippen LogP contribution in [0.25, 0.3) is 0 Å². The van der Waals surface area contributed by atoms with Crippen LogP contribution in [0.5, 0.6) is 5.75 Å². The Morgan fingerprint density at radius 2 is 1.96 bits per heavy atom. The molecule has 24 heavy (non-hydrogen) atoms. The van der Waals surface area contributed by atoms with Crippen LogP contribution in [0.1, 0.15) is 41.7 Å². The molecule has 2 atom stereocenters. The van der Waals surface area contributed by atoms with Crippen molar-refractivity contribution in [3.8, 4) is 5.75 Å². The lowest BCUT2D eigenvalue weighted by Crippen LogP contribution is -2.38. The SMILES string of the molecule is CCN[C@H]1CCc2c(ccc(OCc3ccccc3)c2CO)[C@@H]1O. The van der Waals surface area contributed by atoms with E-state index in [0.717, 1.165) is 41.6 Å². The Balaban J connectivity index is 1.83. The number of ether oxygens (including phenoxy) is 1. The van der Waals surface area contributed by atoms with Crippen LogP contribution in [0.3, 0.4) is 0 Å². The maximum absolute atomic E-state index is 10.6. The highest BCUT2D eigenvalue weighted by atomic mass is 16.5. The van der Waals surface area contributed by atoms with Gasteiger partial charge in [0.15, 0.2) is 0 Å². The minimum absolute atomic E-state index is 0.0742. The number of likely N-dealkylation sites (N-methyl/N-ethyl adjacent to an activating group) is 1. The summed E-state index contributed by atoms with van der Waals surface area (Å²) in [5.74, 6) is 0.703. The van der Waals surface area contributed by atoms with Gasteiger partial charge in [-0.1, -0.05) is 43.3 Å². The fourth-order valence-electron chi connectivity index (χ4n) is 3.46. The zero-order chi connectivity index (χ0) is 16.9. The normalized spacial score (nSPS) is 19.8. The van der Waals surface area contributed by atoms with Gasteiger partial charge in [-0.3, -0.25) is 0 Å². The predicted octanol–water partition coefficient (Wildman–Crippen LogP) is 2.72. The van der Waals surface area contributed by atoms with Gasteiger partial charge in [0, 0.05) is 11.6 Å². The summed E-state index contributed by atoms with van der Waals surface area (Å²) in [7, 11) is 0. The number of benzene rings is 2. The third-order valence-corrected chi connectivity index (χ3v) is 4.69. The van der Waals surface area contributed by atoms with E-state index >= 15 is 0 Å². The molecule has 0 radical (unpaired) electrons. The van der Waals surface area contributed by atoms with Crippen molar-refractivity contribution in [2.75, 3.05) is 6.54 Å². The third kappa shape index (κ3) is 3.46. The molecule has 0 fully saturated rings. The van der Waals surface area contributed by atoms with Crippen LogP contribution >= 0.6 is 0 Å². The first-order valence-corrected chi connectivity index (χ1v) is 8.58. The maximum Gasteiger partial charge on any atom is 0.125 e. The molecule has 0 saturated heterocycles. The number of hydrogen-bond donors (Lipinski definition) is 3. The Bertz CT molecular complexity index is 672. The molecule has 0 saturated carbocycles. The van der Waals surface area contributed by atoms with Gasteiger partial charge in [-0.15, -0.1) is 0 Å². The Morgan fingerprint density at radius 3 is 2.67 bits per heavy atom. The monoisotopic (exact) mass is 327 g/mol. The zero-order valence-electron chi connectivity index (χ0n) is 14.0. The molecule has 0 amide bonds. The Labute approximate surface area is 143 Å². The molecular formula is C20H25NO3. The minimum Gasteiger partial charge on any atom is -0.489 e. The van der Waals surface area contributed by atoms with Gasteiger partial charge in [-0.25, -0.2) is 0 Å². The second kappa shape index (κ2) is 7.79. The zero-order valence-corrected chi connectivity index (χ0v) is 14.0. The van der Waals surface area contributed by atoms with Crippen molar-refractivity contribution in [3.63, 3.8) is 0 Å². The molecular weight excluding hydrogens is 302 g/mol. The number of rotatable bonds is 6. The van der Waals surface area contributed by atoms with Crippen molar-refractivity contribution in [3.05, 3.63) is 64.7 Å². The van der Waals surface area contributed by atoms with Crippen molar-refractivity contribution < 1.29 is 14.9 Å². The lowest BCUT2D eigenvalue weighted by Gasteiger charge is -2.32. The molecule has 128 valence electrons. The highest BCUT2D eigenvalue weighted by Crippen LogP contribution is 2.36. The number of fused-ring (bicyclic) bond motifs is 1. The summed E-state index contributed by atoms with van der Waals surface area (Å²) >= 11 is 0. The topological polar surface area (TPSA) is 61.7 Å². The first-order valence-electron chi connectivity index (χ1n) is 8.58. The maximum atomic E-state index is 10.6. The van der Waals surface area contributed by atoms with E-state index < -0.39 is 6.10 Å². The smallest absolute Gasteiger partial charge is 0.125 e. The van der Waals surface area contributed by atoms with Crippen LogP contribution in [-0.4, -0.2) is 22.8 Å². The lowest BCUT2D eigenvalue weighted by molar-refractivity contribution is 0.115. The molecule has 3 rings (SSSR count). The van der Waals surface area contributed by atoms with E-state index in [1.807, 2.05) is 49.4 Å². The molecule has 2 aromatic rings.